The van der Waals surface area contributed by atoms with E-state index in [4.69, 9.17) is 25.8 Å². The molecule has 1 aliphatic heterocycles. The molecular weight excluding hydrogens is 464 g/mol. The molecule has 0 aromatic heterocycles. The molecule has 5 nitrogen and oxygen atoms in total. The molecule has 1 saturated heterocycles. The van der Waals surface area contributed by atoms with E-state index in [2.05, 4.69) is 13.8 Å². The molecule has 5 atom stereocenters. The molecule has 1 N–H and O–H groups in total. The van der Waals surface area contributed by atoms with Crippen LogP contribution < -0.4 is 0 Å². The highest BCUT2D eigenvalue weighted by Gasteiger charge is 2.54. The van der Waals surface area contributed by atoms with Crippen molar-refractivity contribution >= 4 is 17.6 Å². The minimum atomic E-state index is -0.473. The molecule has 1 heterocycles. The number of aliphatic hydroxyl groups excluding tert-OH is 1. The van der Waals surface area contributed by atoms with Crippen LogP contribution in [-0.4, -0.2) is 48.2 Å². The summed E-state index contributed by atoms with van der Waals surface area (Å²) in [5, 5.41) is 10.5. The number of halogens is 1. The third-order valence-electron chi connectivity index (χ3n) is 7.97. The fourth-order valence-electron chi connectivity index (χ4n) is 5.87. The van der Waals surface area contributed by atoms with Gasteiger partial charge in [-0.15, -0.1) is 11.6 Å². The lowest BCUT2D eigenvalue weighted by molar-refractivity contribution is -0.196. The smallest absolute Gasteiger partial charge is 0.305 e. The molecule has 35 heavy (non-hydrogen) atoms. The van der Waals surface area contributed by atoms with Crippen molar-refractivity contribution in [3.8, 4) is 0 Å². The van der Waals surface area contributed by atoms with Crippen LogP contribution in [0.5, 0.6) is 0 Å². The maximum Gasteiger partial charge on any atom is 0.305 e. The van der Waals surface area contributed by atoms with Crippen LogP contribution in [0.1, 0.15) is 129 Å². The van der Waals surface area contributed by atoms with E-state index in [0.29, 0.717) is 37.4 Å². The van der Waals surface area contributed by atoms with Gasteiger partial charge in [0.05, 0.1) is 31.3 Å². The molecule has 1 saturated carbocycles. The summed E-state index contributed by atoms with van der Waals surface area (Å²) in [4.78, 5) is 11.9. The number of hydrogen-bond acceptors (Lipinski definition) is 5. The maximum atomic E-state index is 11.9. The predicted octanol–water partition coefficient (Wildman–Crippen LogP) is 7.55. The van der Waals surface area contributed by atoms with Crippen molar-refractivity contribution in [3.05, 3.63) is 0 Å². The summed E-state index contributed by atoms with van der Waals surface area (Å²) in [5.41, 5.74) is 0. The van der Waals surface area contributed by atoms with Gasteiger partial charge in [0.15, 0.2) is 5.79 Å². The number of carbonyl (C=O) groups is 1. The van der Waals surface area contributed by atoms with Crippen molar-refractivity contribution in [2.24, 2.45) is 11.8 Å². The molecule has 0 bridgehead atoms. The first kappa shape index (κ1) is 30.9. The fraction of sp³-hybridized carbons (Fsp3) is 0.966. The lowest BCUT2D eigenvalue weighted by atomic mass is 9.84. The average molecular weight is 517 g/mol. The molecule has 206 valence electrons. The molecule has 0 aromatic rings. The van der Waals surface area contributed by atoms with Gasteiger partial charge in [-0.2, -0.15) is 0 Å². The van der Waals surface area contributed by atoms with Gasteiger partial charge < -0.3 is 19.3 Å². The second kappa shape index (κ2) is 18.0. The van der Waals surface area contributed by atoms with E-state index in [1.165, 1.54) is 25.7 Å². The van der Waals surface area contributed by atoms with Gasteiger partial charge in [0, 0.05) is 18.8 Å². The van der Waals surface area contributed by atoms with E-state index in [-0.39, 0.29) is 18.2 Å². The van der Waals surface area contributed by atoms with E-state index in [0.717, 1.165) is 83.5 Å². The Kier molecular flexibility index (Phi) is 15.9. The SMILES string of the molecule is CCCCCCOC(=O)CCCCCC[C@@H]1[C@@H](CC[C@@H](O)CCCCC)CCC12OC[C@H](CCl)O2. The quantitative estimate of drug-likeness (QED) is 0.103. The Hall–Kier alpha value is -0.360. The summed E-state index contributed by atoms with van der Waals surface area (Å²) in [6, 6.07) is 0. The van der Waals surface area contributed by atoms with Crippen LogP contribution in [0.4, 0.5) is 0 Å². The van der Waals surface area contributed by atoms with Crippen molar-refractivity contribution in [1.82, 2.24) is 0 Å². The summed E-state index contributed by atoms with van der Waals surface area (Å²) >= 11 is 6.08. The van der Waals surface area contributed by atoms with Crippen molar-refractivity contribution in [1.29, 1.82) is 0 Å². The van der Waals surface area contributed by atoms with Gasteiger partial charge in [-0.1, -0.05) is 71.6 Å². The van der Waals surface area contributed by atoms with Crippen LogP contribution in [0.3, 0.4) is 0 Å². The van der Waals surface area contributed by atoms with Crippen LogP contribution in [-0.2, 0) is 19.0 Å². The minimum absolute atomic E-state index is 0.00876. The number of alkyl halides is 1. The number of aliphatic hydroxyl groups is 1. The van der Waals surface area contributed by atoms with Crippen LogP contribution in [0.15, 0.2) is 0 Å². The van der Waals surface area contributed by atoms with E-state index in [1.807, 2.05) is 0 Å². The van der Waals surface area contributed by atoms with Crippen LogP contribution in [0.25, 0.3) is 0 Å². The number of esters is 1. The first-order chi connectivity index (χ1) is 17.0. The Morgan fingerprint density at radius 3 is 2.49 bits per heavy atom. The standard InChI is InChI=1S/C29H53ClO5/c1-3-5-7-13-21-33-28(32)16-12-9-8-11-15-27-24(17-18-25(31)14-10-6-4-2)19-20-29(27)34-23-26(22-30)35-29/h24-27,31H,3-23H2,1-2H3/t24-,25-,26-,27+,29?/m0/s1. The Labute approximate surface area is 220 Å². The van der Waals surface area contributed by atoms with E-state index < -0.39 is 5.79 Å². The zero-order valence-electron chi connectivity index (χ0n) is 22.6. The summed E-state index contributed by atoms with van der Waals surface area (Å²) in [7, 11) is 0. The van der Waals surface area contributed by atoms with Gasteiger partial charge in [-0.25, -0.2) is 0 Å². The van der Waals surface area contributed by atoms with E-state index in [1.54, 1.807) is 0 Å². The first-order valence-electron chi connectivity index (χ1n) is 14.8. The molecule has 0 amide bonds. The Morgan fingerprint density at radius 2 is 1.74 bits per heavy atom. The van der Waals surface area contributed by atoms with Gasteiger partial charge in [0.1, 0.15) is 0 Å². The molecule has 2 aliphatic rings. The molecule has 1 spiro atoms. The van der Waals surface area contributed by atoms with Gasteiger partial charge in [0.25, 0.3) is 0 Å². The lowest BCUT2D eigenvalue weighted by Gasteiger charge is -2.33. The monoisotopic (exact) mass is 516 g/mol. The zero-order chi connectivity index (χ0) is 25.4. The Bertz CT molecular complexity index is 559. The molecule has 1 unspecified atom stereocenters. The summed E-state index contributed by atoms with van der Waals surface area (Å²) in [6.45, 7) is 5.54. The highest BCUT2D eigenvalue weighted by Crippen LogP contribution is 2.51. The Morgan fingerprint density at radius 1 is 1.00 bits per heavy atom. The summed E-state index contributed by atoms with van der Waals surface area (Å²) in [5.74, 6) is 0.857. The molecular formula is C29H53ClO5. The van der Waals surface area contributed by atoms with Crippen molar-refractivity contribution < 1.29 is 24.1 Å². The number of hydrogen-bond donors (Lipinski definition) is 1. The molecule has 0 aromatic carbocycles. The van der Waals surface area contributed by atoms with Crippen LogP contribution in [0, 0.1) is 11.8 Å². The van der Waals surface area contributed by atoms with Gasteiger partial charge >= 0.3 is 5.97 Å². The highest BCUT2D eigenvalue weighted by molar-refractivity contribution is 6.18. The second-order valence-corrected chi connectivity index (χ2v) is 11.2. The second-order valence-electron chi connectivity index (χ2n) is 10.9. The zero-order valence-corrected chi connectivity index (χ0v) is 23.4. The normalized spacial score (nSPS) is 27.0. The molecule has 6 heteroatoms. The van der Waals surface area contributed by atoms with Crippen LogP contribution in [0.2, 0.25) is 0 Å². The third kappa shape index (κ3) is 11.3. The average Bonchev–Trinajstić information content (AvgIpc) is 3.43. The molecule has 2 rings (SSSR count). The van der Waals surface area contributed by atoms with Gasteiger partial charge in [-0.05, 0) is 50.9 Å². The topological polar surface area (TPSA) is 65.0 Å². The largest absolute Gasteiger partial charge is 0.466 e. The van der Waals surface area contributed by atoms with Crippen molar-refractivity contribution in [2.75, 3.05) is 19.1 Å². The Balaban J connectivity index is 1.70. The van der Waals surface area contributed by atoms with Gasteiger partial charge in [0.2, 0.25) is 0 Å². The summed E-state index contributed by atoms with van der Waals surface area (Å²) < 4.78 is 18.0. The number of rotatable bonds is 20. The number of carbonyl (C=O) groups excluding carboxylic acids is 1. The number of unbranched alkanes of at least 4 members (excludes halogenated alkanes) is 8. The lowest BCUT2D eigenvalue weighted by Crippen LogP contribution is -2.37. The van der Waals surface area contributed by atoms with Gasteiger partial charge in [-0.3, -0.25) is 4.79 Å². The van der Waals surface area contributed by atoms with E-state index in [9.17, 15) is 9.90 Å². The highest BCUT2D eigenvalue weighted by atomic mass is 35.5. The van der Waals surface area contributed by atoms with Crippen molar-refractivity contribution in [2.45, 2.75) is 147 Å². The predicted molar refractivity (Wildman–Crippen MR) is 143 cm³/mol. The number of ether oxygens (including phenoxy) is 3. The fourth-order valence-corrected chi connectivity index (χ4v) is 6.03. The molecule has 1 aliphatic carbocycles. The minimum Gasteiger partial charge on any atom is -0.466 e. The van der Waals surface area contributed by atoms with E-state index >= 15 is 0 Å². The molecule has 0 radical (unpaired) electrons. The maximum absolute atomic E-state index is 11.9. The first-order valence-corrected chi connectivity index (χ1v) is 15.3. The van der Waals surface area contributed by atoms with Crippen LogP contribution >= 0.6 is 11.6 Å². The van der Waals surface area contributed by atoms with Crippen molar-refractivity contribution in [3.63, 3.8) is 0 Å². The molecule has 2 fully saturated rings. The third-order valence-corrected chi connectivity index (χ3v) is 8.31. The summed E-state index contributed by atoms with van der Waals surface area (Å²) in [6.07, 6.45) is 18.5.